The Balaban J connectivity index is 2.38. The van der Waals surface area contributed by atoms with E-state index in [1.54, 1.807) is 48.5 Å². The molecule has 0 radical (unpaired) electrons. The highest BCUT2D eigenvalue weighted by atomic mass is 35.5. The molecule has 0 bridgehead atoms. The maximum Gasteiger partial charge on any atom is 0.195 e. The summed E-state index contributed by atoms with van der Waals surface area (Å²) in [6.07, 6.45) is 1.51. The average molecular weight is 318 g/mol. The van der Waals surface area contributed by atoms with E-state index in [-0.39, 0.29) is 11.5 Å². The monoisotopic (exact) mass is 317 g/mol. The first-order valence-electron chi connectivity index (χ1n) is 5.93. The van der Waals surface area contributed by atoms with Gasteiger partial charge in [0.2, 0.25) is 0 Å². The van der Waals surface area contributed by atoms with Gasteiger partial charge < -0.3 is 0 Å². The van der Waals surface area contributed by atoms with Crippen LogP contribution < -0.4 is 0 Å². The van der Waals surface area contributed by atoms with Gasteiger partial charge in [-0.05, 0) is 53.6 Å². The number of benzene rings is 2. The number of nitrogens with zero attached hydrogens (tertiary/aromatic N) is 3. The highest BCUT2D eigenvalue weighted by Crippen LogP contribution is 2.18. The summed E-state index contributed by atoms with van der Waals surface area (Å²) >= 11 is 11.6. The van der Waals surface area contributed by atoms with Crippen molar-refractivity contribution in [3.63, 3.8) is 0 Å². The number of ketones is 1. The van der Waals surface area contributed by atoms with E-state index in [4.69, 9.17) is 28.7 Å². The Kier molecular flexibility index (Phi) is 5.01. The van der Waals surface area contributed by atoms with Crippen molar-refractivity contribution in [2.45, 2.75) is 0 Å². The largest absolute Gasteiger partial charge is 0.289 e. The van der Waals surface area contributed by atoms with Crippen LogP contribution in [0.4, 0.5) is 0 Å². The second-order valence-corrected chi connectivity index (χ2v) is 4.98. The minimum atomic E-state index is -0.376. The lowest BCUT2D eigenvalue weighted by Gasteiger charge is -2.02. The number of hydrogen-bond donors (Lipinski definition) is 0. The number of Topliss-reactive ketones (excluding diaryl/α,β-unsaturated/α-hetero) is 1. The van der Waals surface area contributed by atoms with Gasteiger partial charge in [-0.3, -0.25) is 4.79 Å². The van der Waals surface area contributed by atoms with Crippen molar-refractivity contribution in [1.82, 2.24) is 0 Å². The van der Waals surface area contributed by atoms with Gasteiger partial charge in [0.25, 0.3) is 0 Å². The van der Waals surface area contributed by atoms with E-state index in [1.807, 2.05) is 0 Å². The molecule has 0 atom stereocenters. The third kappa shape index (κ3) is 4.10. The first-order chi connectivity index (χ1) is 10.1. The molecule has 0 saturated carbocycles. The number of hydrogen-bond acceptors (Lipinski definition) is 2. The molecule has 0 fully saturated rings. The van der Waals surface area contributed by atoms with E-state index in [0.29, 0.717) is 21.2 Å². The summed E-state index contributed by atoms with van der Waals surface area (Å²) in [6, 6.07) is 13.2. The smallest absolute Gasteiger partial charge is 0.195 e. The molecule has 0 saturated heterocycles. The zero-order valence-electron chi connectivity index (χ0n) is 10.7. The molecular weight excluding hydrogens is 309 g/mol. The fourth-order valence-corrected chi connectivity index (χ4v) is 1.91. The van der Waals surface area contributed by atoms with Gasteiger partial charge in [0.15, 0.2) is 5.78 Å². The van der Waals surface area contributed by atoms with Gasteiger partial charge in [-0.25, -0.2) is 0 Å². The lowest BCUT2D eigenvalue weighted by molar-refractivity contribution is 0.103. The van der Waals surface area contributed by atoms with Crippen molar-refractivity contribution < 1.29 is 4.79 Å². The van der Waals surface area contributed by atoms with E-state index in [1.165, 1.54) is 6.08 Å². The van der Waals surface area contributed by atoms with E-state index in [9.17, 15) is 4.79 Å². The molecule has 2 aromatic rings. The zero-order chi connectivity index (χ0) is 15.2. The molecule has 0 aliphatic carbocycles. The fraction of sp³-hybridized carbons (Fsp3) is 0. The Morgan fingerprint density at radius 2 is 1.52 bits per heavy atom. The Morgan fingerprint density at radius 1 is 1.00 bits per heavy atom. The summed E-state index contributed by atoms with van der Waals surface area (Å²) in [5, 5.41) is 4.58. The van der Waals surface area contributed by atoms with Gasteiger partial charge in [-0.2, -0.15) is 0 Å². The number of allylic oxidation sites excluding steroid dienone is 1. The highest BCUT2D eigenvalue weighted by molar-refractivity contribution is 6.31. The lowest BCUT2D eigenvalue weighted by Crippen LogP contribution is -2.00. The van der Waals surface area contributed by atoms with Crippen LogP contribution >= 0.6 is 23.2 Å². The summed E-state index contributed by atoms with van der Waals surface area (Å²) in [5.74, 6) is -0.376. The fourth-order valence-electron chi connectivity index (χ4n) is 1.65. The molecule has 2 rings (SSSR count). The van der Waals surface area contributed by atoms with Crippen molar-refractivity contribution in [3.05, 3.63) is 85.8 Å². The number of azide groups is 1. The number of carbonyl (C=O) groups excluding carboxylic acids is 1. The number of carbonyl (C=O) groups is 1. The van der Waals surface area contributed by atoms with E-state index in [2.05, 4.69) is 10.0 Å². The second-order valence-electron chi connectivity index (χ2n) is 4.11. The van der Waals surface area contributed by atoms with E-state index in [0.717, 1.165) is 0 Å². The quantitative estimate of drug-likeness (QED) is 0.240. The number of rotatable bonds is 4. The topological polar surface area (TPSA) is 65.8 Å². The van der Waals surface area contributed by atoms with Crippen molar-refractivity contribution in [2.75, 3.05) is 0 Å². The van der Waals surface area contributed by atoms with Gasteiger partial charge in [0.1, 0.15) is 0 Å². The van der Waals surface area contributed by atoms with Gasteiger partial charge in [-0.1, -0.05) is 40.4 Å². The first kappa shape index (κ1) is 15.1. The molecule has 0 unspecified atom stereocenters. The summed E-state index contributed by atoms with van der Waals surface area (Å²) in [5.41, 5.74) is 9.73. The second kappa shape index (κ2) is 6.95. The van der Waals surface area contributed by atoms with Crippen LogP contribution in [0.15, 0.2) is 59.3 Å². The molecular formula is C15H9Cl2N3O. The molecule has 0 spiro atoms. The Hall–Kier alpha value is -2.26. The predicted molar refractivity (Wildman–Crippen MR) is 84.4 cm³/mol. The average Bonchev–Trinajstić information content (AvgIpc) is 2.49. The van der Waals surface area contributed by atoms with Gasteiger partial charge >= 0.3 is 0 Å². The van der Waals surface area contributed by atoms with Crippen molar-refractivity contribution in [2.24, 2.45) is 5.11 Å². The molecule has 0 aliphatic rings. The number of halogens is 2. The molecule has 0 aromatic heterocycles. The van der Waals surface area contributed by atoms with Crippen LogP contribution in [0.25, 0.3) is 16.5 Å². The third-order valence-corrected chi connectivity index (χ3v) is 3.17. The van der Waals surface area contributed by atoms with E-state index < -0.39 is 0 Å². The van der Waals surface area contributed by atoms with Crippen molar-refractivity contribution in [1.29, 1.82) is 0 Å². The Bertz CT molecular complexity index is 731. The maximum atomic E-state index is 12.3. The van der Waals surface area contributed by atoms with Crippen LogP contribution in [0.3, 0.4) is 0 Å². The Morgan fingerprint density at radius 3 is 2.05 bits per heavy atom. The SMILES string of the molecule is [N-]=[N+]=N/C(=C\c1ccc(Cl)cc1)C(=O)c1ccc(Cl)cc1. The molecule has 0 aliphatic heterocycles. The molecule has 2 aromatic carbocycles. The van der Waals surface area contributed by atoms with Crippen LogP contribution in [-0.4, -0.2) is 5.78 Å². The van der Waals surface area contributed by atoms with Crippen LogP contribution in [0, 0.1) is 0 Å². The predicted octanol–water partition coefficient (Wildman–Crippen LogP) is 5.53. The summed E-state index contributed by atoms with van der Waals surface area (Å²) < 4.78 is 0. The van der Waals surface area contributed by atoms with Crippen LogP contribution in [0.2, 0.25) is 10.0 Å². The standard InChI is InChI=1S/C15H9Cl2N3O/c16-12-5-1-10(2-6-12)9-14(19-20-18)15(21)11-3-7-13(17)8-4-11/h1-9H/b14-9-. The minimum Gasteiger partial charge on any atom is -0.289 e. The Labute approximate surface area is 131 Å². The van der Waals surface area contributed by atoms with Gasteiger partial charge in [-0.15, -0.1) is 0 Å². The molecule has 104 valence electrons. The molecule has 21 heavy (non-hydrogen) atoms. The molecule has 0 heterocycles. The van der Waals surface area contributed by atoms with Crippen molar-refractivity contribution >= 4 is 35.1 Å². The molecule has 4 nitrogen and oxygen atoms in total. The minimum absolute atomic E-state index is 0.00199. The summed E-state index contributed by atoms with van der Waals surface area (Å²) in [7, 11) is 0. The van der Waals surface area contributed by atoms with Gasteiger partial charge in [0, 0.05) is 20.5 Å². The van der Waals surface area contributed by atoms with Crippen LogP contribution in [0.1, 0.15) is 15.9 Å². The first-order valence-corrected chi connectivity index (χ1v) is 6.68. The van der Waals surface area contributed by atoms with Gasteiger partial charge in [0.05, 0.1) is 5.70 Å². The lowest BCUT2D eigenvalue weighted by atomic mass is 10.1. The zero-order valence-corrected chi connectivity index (χ0v) is 12.2. The van der Waals surface area contributed by atoms with Crippen LogP contribution in [-0.2, 0) is 0 Å². The maximum absolute atomic E-state index is 12.3. The third-order valence-electron chi connectivity index (χ3n) is 2.66. The van der Waals surface area contributed by atoms with Crippen molar-refractivity contribution in [3.8, 4) is 0 Å². The highest BCUT2D eigenvalue weighted by Gasteiger charge is 2.11. The summed E-state index contributed by atoms with van der Waals surface area (Å²) in [4.78, 5) is 15.0. The molecule has 0 amide bonds. The summed E-state index contributed by atoms with van der Waals surface area (Å²) in [6.45, 7) is 0. The molecule has 6 heteroatoms. The van der Waals surface area contributed by atoms with Crippen LogP contribution in [0.5, 0.6) is 0 Å². The van der Waals surface area contributed by atoms with E-state index >= 15 is 0 Å². The normalized spacial score (nSPS) is 10.9. The molecule has 0 N–H and O–H groups in total.